The summed E-state index contributed by atoms with van der Waals surface area (Å²) in [5.41, 5.74) is 4.51. The first kappa shape index (κ1) is 14.9. The Kier molecular flexibility index (Phi) is 3.58. The van der Waals surface area contributed by atoms with E-state index in [1.807, 2.05) is 24.3 Å². The highest BCUT2D eigenvalue weighted by Gasteiger charge is 2.12. The molecule has 0 bridgehead atoms. The molecule has 0 spiro atoms. The second-order valence-electron chi connectivity index (χ2n) is 5.94. The van der Waals surface area contributed by atoms with E-state index in [-0.39, 0.29) is 0 Å². The molecule has 4 rings (SSSR count). The van der Waals surface area contributed by atoms with Crippen molar-refractivity contribution in [3.63, 3.8) is 0 Å². The zero-order valence-corrected chi connectivity index (χ0v) is 14.0. The van der Waals surface area contributed by atoms with Gasteiger partial charge >= 0.3 is 0 Å². The van der Waals surface area contributed by atoms with Gasteiger partial charge in [0.15, 0.2) is 5.58 Å². The number of halogens is 1. The largest absolute Gasteiger partial charge is 0.436 e. The van der Waals surface area contributed by atoms with Gasteiger partial charge in [-0.2, -0.15) is 0 Å². The number of hydrogen-bond donors (Lipinski definition) is 0. The number of rotatable bonds is 3. The van der Waals surface area contributed by atoms with Gasteiger partial charge in [-0.25, -0.2) is 4.98 Å². The topological polar surface area (TPSA) is 56.7 Å². The Balaban J connectivity index is 1.81. The summed E-state index contributed by atoms with van der Waals surface area (Å²) in [6, 6.07) is 11.7. The molecule has 0 saturated carbocycles. The Morgan fingerprint density at radius 3 is 2.58 bits per heavy atom. The fourth-order valence-corrected chi connectivity index (χ4v) is 2.81. The van der Waals surface area contributed by atoms with E-state index < -0.39 is 0 Å². The van der Waals surface area contributed by atoms with Crippen LogP contribution < -0.4 is 0 Å². The van der Waals surface area contributed by atoms with Crippen LogP contribution in [0.15, 0.2) is 53.5 Å². The van der Waals surface area contributed by atoms with Crippen LogP contribution in [-0.2, 0) is 0 Å². The molecule has 2 aromatic carbocycles. The lowest BCUT2D eigenvalue weighted by atomic mass is 10.0. The van der Waals surface area contributed by atoms with Crippen molar-refractivity contribution in [1.29, 1.82) is 0 Å². The van der Waals surface area contributed by atoms with E-state index >= 15 is 0 Å². The van der Waals surface area contributed by atoms with Gasteiger partial charge in [0.25, 0.3) is 0 Å². The van der Waals surface area contributed by atoms with Gasteiger partial charge in [-0.05, 0) is 41.8 Å². The van der Waals surface area contributed by atoms with E-state index in [2.05, 4.69) is 41.2 Å². The minimum atomic E-state index is 0.449. The van der Waals surface area contributed by atoms with Crippen LogP contribution in [-0.4, -0.2) is 19.7 Å². The molecule has 2 heterocycles. The number of aromatic nitrogens is 4. The van der Waals surface area contributed by atoms with Crippen LogP contribution in [0.25, 0.3) is 28.2 Å². The average molecular weight is 339 g/mol. The molecule has 6 heteroatoms. The molecule has 0 amide bonds. The van der Waals surface area contributed by atoms with Gasteiger partial charge in [-0.1, -0.05) is 31.5 Å². The SMILES string of the molecule is CC(C)c1ccc2oc(-c3ccc(Cl)c(-n4cnnc4)c3)nc2c1. The van der Waals surface area contributed by atoms with Crippen molar-refractivity contribution in [1.82, 2.24) is 19.7 Å². The van der Waals surface area contributed by atoms with Crippen molar-refractivity contribution in [2.24, 2.45) is 0 Å². The van der Waals surface area contributed by atoms with Crippen LogP contribution in [0.2, 0.25) is 5.02 Å². The lowest BCUT2D eigenvalue weighted by Crippen LogP contribution is -1.92. The first-order valence-corrected chi connectivity index (χ1v) is 8.05. The van der Waals surface area contributed by atoms with Crippen LogP contribution in [0.1, 0.15) is 25.3 Å². The van der Waals surface area contributed by atoms with Gasteiger partial charge in [0.2, 0.25) is 5.89 Å². The predicted molar refractivity (Wildman–Crippen MR) is 93.5 cm³/mol. The molecule has 0 unspecified atom stereocenters. The summed E-state index contributed by atoms with van der Waals surface area (Å²) in [7, 11) is 0. The molecule has 0 aliphatic heterocycles. The molecule has 0 atom stereocenters. The van der Waals surface area contributed by atoms with Crippen molar-refractivity contribution in [2.45, 2.75) is 19.8 Å². The number of fused-ring (bicyclic) bond motifs is 1. The Labute approximate surface area is 143 Å². The van der Waals surface area contributed by atoms with Gasteiger partial charge in [0, 0.05) is 5.56 Å². The summed E-state index contributed by atoms with van der Waals surface area (Å²) >= 11 is 6.28. The van der Waals surface area contributed by atoms with Crippen LogP contribution >= 0.6 is 11.6 Å². The van der Waals surface area contributed by atoms with Gasteiger partial charge in [0.05, 0.1) is 10.7 Å². The fourth-order valence-electron chi connectivity index (χ4n) is 2.60. The summed E-state index contributed by atoms with van der Waals surface area (Å²) in [4.78, 5) is 4.63. The molecule has 0 aliphatic rings. The van der Waals surface area contributed by atoms with Gasteiger partial charge < -0.3 is 4.42 Å². The molecule has 0 aliphatic carbocycles. The number of hydrogen-bond acceptors (Lipinski definition) is 4. The fraction of sp³-hybridized carbons (Fsp3) is 0.167. The van der Waals surface area contributed by atoms with E-state index in [4.69, 9.17) is 16.0 Å². The van der Waals surface area contributed by atoms with E-state index in [1.54, 1.807) is 17.2 Å². The second-order valence-corrected chi connectivity index (χ2v) is 6.34. The summed E-state index contributed by atoms with van der Waals surface area (Å²) in [5, 5.41) is 8.24. The minimum Gasteiger partial charge on any atom is -0.436 e. The van der Waals surface area contributed by atoms with Crippen molar-refractivity contribution in [3.8, 4) is 17.1 Å². The number of oxazole rings is 1. The third-order valence-electron chi connectivity index (χ3n) is 3.97. The van der Waals surface area contributed by atoms with E-state index in [1.165, 1.54) is 5.56 Å². The smallest absolute Gasteiger partial charge is 0.227 e. The van der Waals surface area contributed by atoms with Crippen LogP contribution in [0.4, 0.5) is 0 Å². The maximum Gasteiger partial charge on any atom is 0.227 e. The molecule has 5 nitrogen and oxygen atoms in total. The monoisotopic (exact) mass is 338 g/mol. The van der Waals surface area contributed by atoms with Crippen LogP contribution in [0.5, 0.6) is 0 Å². The standard InChI is InChI=1S/C18H15ClN4O/c1-11(2)12-4-6-17-15(7-12)22-18(24-17)13-3-5-14(19)16(8-13)23-9-20-21-10-23/h3-11H,1-2H3. The Morgan fingerprint density at radius 1 is 1.04 bits per heavy atom. The summed E-state index contributed by atoms with van der Waals surface area (Å²) < 4.78 is 7.66. The first-order valence-electron chi connectivity index (χ1n) is 7.67. The second kappa shape index (κ2) is 5.76. The number of benzene rings is 2. The highest BCUT2D eigenvalue weighted by molar-refractivity contribution is 6.32. The predicted octanol–water partition coefficient (Wildman–Crippen LogP) is 4.85. The highest BCUT2D eigenvalue weighted by atomic mass is 35.5. The third kappa shape index (κ3) is 2.57. The maximum absolute atomic E-state index is 6.28. The molecule has 2 aromatic heterocycles. The van der Waals surface area contributed by atoms with Crippen LogP contribution in [0, 0.1) is 0 Å². The zero-order valence-electron chi connectivity index (χ0n) is 13.3. The molecular formula is C18H15ClN4O. The van der Waals surface area contributed by atoms with Crippen LogP contribution in [0.3, 0.4) is 0 Å². The Morgan fingerprint density at radius 2 is 1.83 bits per heavy atom. The van der Waals surface area contributed by atoms with Gasteiger partial charge in [0.1, 0.15) is 18.2 Å². The highest BCUT2D eigenvalue weighted by Crippen LogP contribution is 2.30. The minimum absolute atomic E-state index is 0.449. The van der Waals surface area contributed by atoms with Crippen molar-refractivity contribution < 1.29 is 4.42 Å². The van der Waals surface area contributed by atoms with E-state index in [9.17, 15) is 0 Å². The lowest BCUT2D eigenvalue weighted by molar-refractivity contribution is 0.619. The van der Waals surface area contributed by atoms with Crippen molar-refractivity contribution >= 4 is 22.7 Å². The normalized spacial score (nSPS) is 11.5. The van der Waals surface area contributed by atoms with Gasteiger partial charge in [-0.3, -0.25) is 4.57 Å². The first-order chi connectivity index (χ1) is 11.6. The van der Waals surface area contributed by atoms with E-state index in [0.29, 0.717) is 16.8 Å². The van der Waals surface area contributed by atoms with E-state index in [0.717, 1.165) is 22.4 Å². The number of nitrogens with zero attached hydrogens (tertiary/aromatic N) is 4. The maximum atomic E-state index is 6.28. The summed E-state index contributed by atoms with van der Waals surface area (Å²) in [6.07, 6.45) is 3.21. The Bertz CT molecular complexity index is 1010. The molecule has 0 radical (unpaired) electrons. The lowest BCUT2D eigenvalue weighted by Gasteiger charge is -2.05. The van der Waals surface area contributed by atoms with Gasteiger partial charge in [-0.15, -0.1) is 10.2 Å². The molecule has 24 heavy (non-hydrogen) atoms. The summed E-state index contributed by atoms with van der Waals surface area (Å²) in [5.74, 6) is 1.02. The average Bonchev–Trinajstić information content (AvgIpc) is 3.24. The van der Waals surface area contributed by atoms with Crippen molar-refractivity contribution in [3.05, 3.63) is 59.6 Å². The molecular weight excluding hydrogens is 324 g/mol. The molecule has 120 valence electrons. The van der Waals surface area contributed by atoms with Crippen molar-refractivity contribution in [2.75, 3.05) is 0 Å². The molecule has 4 aromatic rings. The zero-order chi connectivity index (χ0) is 16.7. The summed E-state index contributed by atoms with van der Waals surface area (Å²) in [6.45, 7) is 4.32. The molecule has 0 fully saturated rings. The molecule has 0 saturated heterocycles. The quantitative estimate of drug-likeness (QED) is 0.535. The Hall–Kier alpha value is -2.66. The molecule has 0 N–H and O–H groups in total. The third-order valence-corrected chi connectivity index (χ3v) is 4.29.